The maximum absolute atomic E-state index is 13.0. The molecule has 0 saturated carbocycles. The predicted molar refractivity (Wildman–Crippen MR) is 256 cm³/mol. The summed E-state index contributed by atoms with van der Waals surface area (Å²) in [6.45, 7) is 18.4. The molecule has 2 fully saturated rings. The molecular weight excluding hydrogens is 826 g/mol. The van der Waals surface area contributed by atoms with E-state index in [0.29, 0.717) is 28.1 Å². The van der Waals surface area contributed by atoms with Crippen LogP contribution in [0.3, 0.4) is 0 Å². The third-order valence-corrected chi connectivity index (χ3v) is 13.2. The number of likely N-dealkylation sites (N-methyl/N-ethyl adjacent to an activating group) is 1. The molecule has 2 saturated heterocycles. The van der Waals surface area contributed by atoms with Crippen LogP contribution in [0.1, 0.15) is 56.0 Å². The molecule has 0 unspecified atom stereocenters. The number of carbonyl (C=O) groups is 1. The number of allylic oxidation sites excluding steroid dienone is 1. The van der Waals surface area contributed by atoms with Crippen molar-refractivity contribution in [3.63, 3.8) is 0 Å². The van der Waals surface area contributed by atoms with Gasteiger partial charge in [0, 0.05) is 110 Å². The van der Waals surface area contributed by atoms with Crippen LogP contribution < -0.4 is 20.3 Å². The van der Waals surface area contributed by atoms with Crippen LogP contribution in [0.5, 0.6) is 0 Å². The third-order valence-electron chi connectivity index (χ3n) is 11.2. The molecule has 3 aliphatic rings. The minimum atomic E-state index is -0.399. The van der Waals surface area contributed by atoms with Crippen LogP contribution >= 0.6 is 35.3 Å². The van der Waals surface area contributed by atoms with Gasteiger partial charge in [0.05, 0.1) is 4.92 Å². The van der Waals surface area contributed by atoms with Crippen molar-refractivity contribution >= 4 is 63.9 Å². The molecule has 0 spiro atoms. The molecule has 1 amide bonds. The van der Waals surface area contributed by atoms with Crippen LogP contribution in [0, 0.1) is 15.5 Å². The molecule has 4 N–H and O–H groups in total. The number of amides is 1. The number of hydrogen-bond donors (Lipinski definition) is 4. The fourth-order valence-corrected chi connectivity index (χ4v) is 9.31. The lowest BCUT2D eigenvalue weighted by atomic mass is 9.73. The first-order chi connectivity index (χ1) is 29.6. The number of halogens is 1. The number of aliphatic hydroxyl groups is 1. The molecule has 2 heterocycles. The monoisotopic (exact) mass is 887 g/mol. The second kappa shape index (κ2) is 24.5. The summed E-state index contributed by atoms with van der Waals surface area (Å²) in [5.41, 5.74) is 6.70. The van der Waals surface area contributed by atoms with Gasteiger partial charge in [-0.3, -0.25) is 24.5 Å². The van der Waals surface area contributed by atoms with Gasteiger partial charge in [0.25, 0.3) is 11.6 Å². The van der Waals surface area contributed by atoms with Gasteiger partial charge in [-0.25, -0.2) is 0 Å². The Morgan fingerprint density at radius 3 is 2.21 bits per heavy atom. The highest BCUT2D eigenvalue weighted by Crippen LogP contribution is 2.43. The van der Waals surface area contributed by atoms with Crippen LogP contribution in [-0.2, 0) is 0 Å². The summed E-state index contributed by atoms with van der Waals surface area (Å²) in [5.74, 6) is 0.520. The Balaban J connectivity index is 0.000000625. The molecule has 0 atom stereocenters. The molecule has 4 aromatic carbocycles. The number of aliphatic hydroxyl groups excluding tert-OH is 1. The van der Waals surface area contributed by atoms with Crippen molar-refractivity contribution < 1.29 is 14.8 Å². The maximum atomic E-state index is 13.0. The number of nitrogens with zero attached hydrogens (tertiary/aromatic N) is 4. The number of carbonyl (C=O) groups excluding carboxylic acids is 1. The first-order valence-corrected chi connectivity index (χ1v) is 23.3. The van der Waals surface area contributed by atoms with E-state index in [4.69, 9.17) is 16.7 Å². The van der Waals surface area contributed by atoms with Crippen molar-refractivity contribution in [3.05, 3.63) is 129 Å². The lowest BCUT2D eigenvalue weighted by Crippen LogP contribution is -2.47. The van der Waals surface area contributed by atoms with E-state index in [1.54, 1.807) is 29.5 Å². The minimum Gasteiger partial charge on any atom is -0.400 e. The average Bonchev–Trinajstić information content (AvgIpc) is 3.29. The summed E-state index contributed by atoms with van der Waals surface area (Å²) < 4.78 is 2.84. The van der Waals surface area contributed by atoms with Crippen LogP contribution in [0.2, 0.25) is 5.02 Å². The van der Waals surface area contributed by atoms with Crippen LogP contribution in [0.15, 0.2) is 112 Å². The predicted octanol–water partition coefficient (Wildman–Crippen LogP) is 9.20. The average molecular weight is 889 g/mol. The van der Waals surface area contributed by atoms with Crippen molar-refractivity contribution in [1.29, 1.82) is 0 Å². The maximum Gasteiger partial charge on any atom is 0.293 e. The van der Waals surface area contributed by atoms with E-state index in [1.807, 2.05) is 66.7 Å². The molecule has 0 aromatic heterocycles. The van der Waals surface area contributed by atoms with E-state index >= 15 is 0 Å². The summed E-state index contributed by atoms with van der Waals surface area (Å²) >= 11 is 8.95. The van der Waals surface area contributed by atoms with Gasteiger partial charge >= 0.3 is 0 Å². The largest absolute Gasteiger partial charge is 0.400 e. The van der Waals surface area contributed by atoms with Crippen molar-refractivity contribution in [2.45, 2.75) is 49.8 Å². The lowest BCUT2D eigenvalue weighted by molar-refractivity contribution is -0.384. The number of anilines is 2. The number of hydrogen-bond acceptors (Lipinski definition) is 11. The normalized spacial score (nSPS) is 16.7. The molecule has 11 nitrogen and oxygen atoms in total. The standard InChI is InChI=1S/C40H44ClN5O3S2.C6H14N2.CH4O/c1-40(2)19-18-36(29-8-12-32(41)13-9-29)31(27-40)28-44-21-23-45(24-22-44)33-14-10-30(11-15-33)39(47)43-51-35-16-17-37(38(26-35)46(48)49)42-20-25-50-34-6-4-3-5-7-34;1-2-8-5-3-7-4-6-8;1-2/h3-17,26,42H,18-25,27-28H2,1-2H3,(H,43,47);7H,2-6H2,1H3;2H,1H3. The summed E-state index contributed by atoms with van der Waals surface area (Å²) in [5, 5.41) is 26.1. The Bertz CT molecular complexity index is 2010. The van der Waals surface area contributed by atoms with Gasteiger partial charge in [-0.1, -0.05) is 68.3 Å². The van der Waals surface area contributed by atoms with E-state index in [1.165, 1.54) is 56.3 Å². The zero-order valence-electron chi connectivity index (χ0n) is 36.0. The Hall–Kier alpha value is -4.08. The Kier molecular flexibility index (Phi) is 19.3. The first-order valence-electron chi connectivity index (χ1n) is 21.2. The van der Waals surface area contributed by atoms with Gasteiger partial charge in [-0.15, -0.1) is 11.8 Å². The van der Waals surface area contributed by atoms with Crippen LogP contribution in [0.25, 0.3) is 5.57 Å². The second-order valence-corrected chi connectivity index (χ2v) is 18.5. The number of thioether (sulfide) groups is 1. The Morgan fingerprint density at radius 1 is 0.885 bits per heavy atom. The quantitative estimate of drug-likeness (QED) is 0.0319. The summed E-state index contributed by atoms with van der Waals surface area (Å²) in [7, 11) is 1.00. The summed E-state index contributed by atoms with van der Waals surface area (Å²) in [6.07, 6.45) is 3.40. The van der Waals surface area contributed by atoms with Gasteiger partial charge in [0.1, 0.15) is 5.69 Å². The van der Waals surface area contributed by atoms with E-state index < -0.39 is 4.92 Å². The Labute approximate surface area is 376 Å². The molecule has 14 heteroatoms. The molecule has 7 rings (SSSR count). The number of benzene rings is 4. The number of rotatable bonds is 14. The van der Waals surface area contributed by atoms with E-state index in [2.05, 4.69) is 63.0 Å². The number of nitro groups is 1. The number of nitrogens with one attached hydrogen (secondary N) is 3. The van der Waals surface area contributed by atoms with E-state index in [9.17, 15) is 14.9 Å². The fourth-order valence-electron chi connectivity index (χ4n) is 7.76. The van der Waals surface area contributed by atoms with Crippen molar-refractivity contribution in [2.24, 2.45) is 5.41 Å². The third kappa shape index (κ3) is 15.1. The number of piperazine rings is 2. The molecule has 0 radical (unpaired) electrons. The zero-order chi connectivity index (χ0) is 43.6. The van der Waals surface area contributed by atoms with Gasteiger partial charge in [0.2, 0.25) is 0 Å². The minimum absolute atomic E-state index is 0.0234. The molecule has 2 aliphatic heterocycles. The van der Waals surface area contributed by atoms with Crippen molar-refractivity contribution in [3.8, 4) is 0 Å². The van der Waals surface area contributed by atoms with E-state index in [-0.39, 0.29) is 11.6 Å². The van der Waals surface area contributed by atoms with E-state index in [0.717, 1.165) is 86.0 Å². The summed E-state index contributed by atoms with van der Waals surface area (Å²) in [6, 6.07) is 31.0. The van der Waals surface area contributed by atoms with Gasteiger partial charge in [-0.2, -0.15) is 0 Å². The highest BCUT2D eigenvalue weighted by molar-refractivity contribution is 7.99. The smallest absolute Gasteiger partial charge is 0.293 e. The topological polar surface area (TPSA) is 126 Å². The van der Waals surface area contributed by atoms with Crippen LogP contribution in [0.4, 0.5) is 17.1 Å². The molecule has 1 aliphatic carbocycles. The van der Waals surface area contributed by atoms with Gasteiger partial charge < -0.3 is 25.5 Å². The van der Waals surface area contributed by atoms with Crippen molar-refractivity contribution in [1.82, 2.24) is 19.8 Å². The highest BCUT2D eigenvalue weighted by atomic mass is 35.5. The molecule has 4 aromatic rings. The molecule has 0 bridgehead atoms. The SMILES string of the molecule is CC1(C)CCC(c2ccc(Cl)cc2)=C(CN2CCN(c3ccc(C(=O)NSc4ccc(NCCSc5ccccc5)c([N+](=O)[O-])c4)cc3)CC2)C1.CCN1CCNCC1.CO. The van der Waals surface area contributed by atoms with Gasteiger partial charge in [0.15, 0.2) is 0 Å². The fraction of sp³-hybridized carbons (Fsp3) is 0.426. The first kappa shape index (κ1) is 48.0. The lowest BCUT2D eigenvalue weighted by Gasteiger charge is -2.39. The molecule has 328 valence electrons. The highest BCUT2D eigenvalue weighted by Gasteiger charge is 2.29. The van der Waals surface area contributed by atoms with Gasteiger partial charge in [-0.05, 0) is 115 Å². The zero-order valence-corrected chi connectivity index (χ0v) is 38.4. The van der Waals surface area contributed by atoms with Crippen molar-refractivity contribution in [2.75, 3.05) is 95.1 Å². The number of nitro benzene ring substituents is 1. The summed E-state index contributed by atoms with van der Waals surface area (Å²) in [4.78, 5) is 33.5. The molecular formula is C47H62ClN7O4S2. The van der Waals surface area contributed by atoms with Crippen LogP contribution in [-0.4, -0.2) is 111 Å². The Morgan fingerprint density at radius 2 is 1.57 bits per heavy atom. The second-order valence-electron chi connectivity index (χ2n) is 16.0. The molecule has 61 heavy (non-hydrogen) atoms.